The molecule has 1 atom stereocenters. The summed E-state index contributed by atoms with van der Waals surface area (Å²) in [7, 11) is 1.52. The summed E-state index contributed by atoms with van der Waals surface area (Å²) in [6, 6.07) is 4.53. The van der Waals surface area contributed by atoms with Gasteiger partial charge >= 0.3 is 5.69 Å². The van der Waals surface area contributed by atoms with E-state index < -0.39 is 4.92 Å². The predicted molar refractivity (Wildman–Crippen MR) is 66.2 cm³/mol. The zero-order chi connectivity index (χ0) is 13.0. The van der Waals surface area contributed by atoms with E-state index in [0.717, 1.165) is 19.4 Å². The first-order chi connectivity index (χ1) is 8.70. The summed E-state index contributed by atoms with van der Waals surface area (Å²) >= 11 is 0. The molecule has 0 saturated carbocycles. The SMILES string of the molecule is COc1ccc([N+](=O)[O-])c(O[C@H]2CCCNC2)c1. The molecule has 1 aromatic rings. The van der Waals surface area contributed by atoms with Crippen molar-refractivity contribution >= 4 is 5.69 Å². The second kappa shape index (κ2) is 5.68. The average Bonchev–Trinajstić information content (AvgIpc) is 2.39. The molecule has 0 unspecified atom stereocenters. The molecular formula is C12H16N2O4. The van der Waals surface area contributed by atoms with E-state index in [9.17, 15) is 10.1 Å². The number of nitro benzene ring substituents is 1. The second-order valence-corrected chi connectivity index (χ2v) is 4.18. The van der Waals surface area contributed by atoms with E-state index in [2.05, 4.69) is 5.32 Å². The third kappa shape index (κ3) is 2.89. The van der Waals surface area contributed by atoms with Crippen LogP contribution < -0.4 is 14.8 Å². The molecule has 2 rings (SSSR count). The maximum Gasteiger partial charge on any atom is 0.311 e. The Bertz CT molecular complexity index is 430. The number of hydrogen-bond acceptors (Lipinski definition) is 5. The lowest BCUT2D eigenvalue weighted by Crippen LogP contribution is -2.37. The number of methoxy groups -OCH3 is 1. The van der Waals surface area contributed by atoms with E-state index in [-0.39, 0.29) is 17.5 Å². The van der Waals surface area contributed by atoms with Crippen LogP contribution >= 0.6 is 0 Å². The number of ether oxygens (including phenoxy) is 2. The molecule has 1 aliphatic rings. The normalized spacial score (nSPS) is 19.3. The van der Waals surface area contributed by atoms with Gasteiger partial charge < -0.3 is 14.8 Å². The molecule has 1 aliphatic heterocycles. The second-order valence-electron chi connectivity index (χ2n) is 4.18. The third-order valence-corrected chi connectivity index (χ3v) is 2.91. The number of nitrogens with zero attached hydrogens (tertiary/aromatic N) is 1. The maximum absolute atomic E-state index is 10.9. The van der Waals surface area contributed by atoms with E-state index in [1.165, 1.54) is 13.2 Å². The van der Waals surface area contributed by atoms with Crippen molar-refractivity contribution < 1.29 is 14.4 Å². The smallest absolute Gasteiger partial charge is 0.311 e. The summed E-state index contributed by atoms with van der Waals surface area (Å²) in [4.78, 5) is 10.5. The van der Waals surface area contributed by atoms with Crippen molar-refractivity contribution in [2.75, 3.05) is 20.2 Å². The number of nitrogens with one attached hydrogen (secondary N) is 1. The van der Waals surface area contributed by atoms with Gasteiger partial charge in [0.15, 0.2) is 0 Å². The molecule has 0 aromatic heterocycles. The minimum Gasteiger partial charge on any atom is -0.497 e. The third-order valence-electron chi connectivity index (χ3n) is 2.91. The van der Waals surface area contributed by atoms with Gasteiger partial charge in [-0.15, -0.1) is 0 Å². The van der Waals surface area contributed by atoms with Crippen LogP contribution in [0.4, 0.5) is 5.69 Å². The first-order valence-electron chi connectivity index (χ1n) is 5.90. The van der Waals surface area contributed by atoms with Gasteiger partial charge in [-0.2, -0.15) is 0 Å². The number of piperidine rings is 1. The van der Waals surface area contributed by atoms with Crippen molar-refractivity contribution in [2.24, 2.45) is 0 Å². The van der Waals surface area contributed by atoms with Crippen molar-refractivity contribution in [3.05, 3.63) is 28.3 Å². The zero-order valence-corrected chi connectivity index (χ0v) is 10.2. The molecule has 1 N–H and O–H groups in total. The standard InChI is InChI=1S/C12H16N2O4/c1-17-9-4-5-11(14(15)16)12(7-9)18-10-3-2-6-13-8-10/h4-5,7,10,13H,2-3,6,8H2,1H3/t10-/m0/s1. The van der Waals surface area contributed by atoms with Crippen LogP contribution in [0.3, 0.4) is 0 Å². The van der Waals surface area contributed by atoms with Gasteiger partial charge in [0.25, 0.3) is 0 Å². The molecule has 0 bridgehead atoms. The van der Waals surface area contributed by atoms with Crippen molar-refractivity contribution in [2.45, 2.75) is 18.9 Å². The van der Waals surface area contributed by atoms with Crippen LogP contribution in [0.1, 0.15) is 12.8 Å². The largest absolute Gasteiger partial charge is 0.497 e. The van der Waals surface area contributed by atoms with Gasteiger partial charge in [-0.05, 0) is 25.5 Å². The maximum atomic E-state index is 10.9. The Labute approximate surface area is 105 Å². The summed E-state index contributed by atoms with van der Waals surface area (Å²) in [5, 5.41) is 14.1. The molecule has 98 valence electrons. The van der Waals surface area contributed by atoms with Crippen molar-refractivity contribution in [3.63, 3.8) is 0 Å². The number of nitro groups is 1. The predicted octanol–water partition coefficient (Wildman–Crippen LogP) is 1.73. The Morgan fingerprint density at radius 2 is 2.33 bits per heavy atom. The van der Waals surface area contributed by atoms with E-state index in [1.807, 2.05) is 0 Å². The molecule has 0 amide bonds. The van der Waals surface area contributed by atoms with E-state index >= 15 is 0 Å². The molecule has 0 spiro atoms. The summed E-state index contributed by atoms with van der Waals surface area (Å²) in [6.45, 7) is 1.69. The summed E-state index contributed by atoms with van der Waals surface area (Å²) < 4.78 is 10.8. The fourth-order valence-electron chi connectivity index (χ4n) is 1.97. The molecule has 1 aromatic carbocycles. The van der Waals surface area contributed by atoms with Crippen LogP contribution in [-0.2, 0) is 0 Å². The highest BCUT2D eigenvalue weighted by molar-refractivity contribution is 5.50. The van der Waals surface area contributed by atoms with Gasteiger partial charge in [0, 0.05) is 18.7 Å². The Hall–Kier alpha value is -1.82. The summed E-state index contributed by atoms with van der Waals surface area (Å²) in [5.74, 6) is 0.826. The van der Waals surface area contributed by atoms with Crippen LogP contribution in [0.5, 0.6) is 11.5 Å². The summed E-state index contributed by atoms with van der Waals surface area (Å²) in [5.41, 5.74) is -0.0265. The van der Waals surface area contributed by atoms with E-state index in [1.54, 1.807) is 12.1 Å². The van der Waals surface area contributed by atoms with E-state index in [0.29, 0.717) is 12.3 Å². The average molecular weight is 252 g/mol. The van der Waals surface area contributed by atoms with Gasteiger partial charge in [0.1, 0.15) is 11.9 Å². The lowest BCUT2D eigenvalue weighted by atomic mass is 10.1. The fourth-order valence-corrected chi connectivity index (χ4v) is 1.97. The highest BCUT2D eigenvalue weighted by Crippen LogP contribution is 2.32. The fraction of sp³-hybridized carbons (Fsp3) is 0.500. The molecule has 1 saturated heterocycles. The molecule has 6 heteroatoms. The topological polar surface area (TPSA) is 73.6 Å². The highest BCUT2D eigenvalue weighted by atomic mass is 16.6. The van der Waals surface area contributed by atoms with Crippen LogP contribution in [0.2, 0.25) is 0 Å². The van der Waals surface area contributed by atoms with Gasteiger partial charge in [-0.1, -0.05) is 0 Å². The number of hydrogen-bond donors (Lipinski definition) is 1. The van der Waals surface area contributed by atoms with Gasteiger partial charge in [0.05, 0.1) is 12.0 Å². The van der Waals surface area contributed by atoms with Crippen LogP contribution in [0.15, 0.2) is 18.2 Å². The number of rotatable bonds is 4. The minimum atomic E-state index is -0.439. The first kappa shape index (κ1) is 12.6. The van der Waals surface area contributed by atoms with Crippen molar-refractivity contribution in [3.8, 4) is 11.5 Å². The Morgan fingerprint density at radius 1 is 1.50 bits per heavy atom. The Morgan fingerprint density at radius 3 is 2.94 bits per heavy atom. The van der Waals surface area contributed by atoms with Crippen LogP contribution in [0, 0.1) is 10.1 Å². The first-order valence-corrected chi connectivity index (χ1v) is 5.90. The molecule has 0 aliphatic carbocycles. The monoisotopic (exact) mass is 252 g/mol. The number of benzene rings is 1. The van der Waals surface area contributed by atoms with Gasteiger partial charge in [-0.25, -0.2) is 0 Å². The van der Waals surface area contributed by atoms with Gasteiger partial charge in [-0.3, -0.25) is 10.1 Å². The lowest BCUT2D eigenvalue weighted by molar-refractivity contribution is -0.386. The molecule has 6 nitrogen and oxygen atoms in total. The van der Waals surface area contributed by atoms with E-state index in [4.69, 9.17) is 9.47 Å². The molecule has 1 heterocycles. The molecule has 0 radical (unpaired) electrons. The molecular weight excluding hydrogens is 236 g/mol. The molecule has 1 fully saturated rings. The van der Waals surface area contributed by atoms with Crippen LogP contribution in [0.25, 0.3) is 0 Å². The van der Waals surface area contributed by atoms with Crippen molar-refractivity contribution in [1.82, 2.24) is 5.32 Å². The lowest BCUT2D eigenvalue weighted by Gasteiger charge is -2.23. The Kier molecular flexibility index (Phi) is 3.99. The Balaban J connectivity index is 2.19. The van der Waals surface area contributed by atoms with Crippen molar-refractivity contribution in [1.29, 1.82) is 0 Å². The molecule has 18 heavy (non-hydrogen) atoms. The zero-order valence-electron chi connectivity index (χ0n) is 10.2. The minimum absolute atomic E-state index is 0.0236. The van der Waals surface area contributed by atoms with Crippen LogP contribution in [-0.4, -0.2) is 31.2 Å². The quantitative estimate of drug-likeness (QED) is 0.652. The summed E-state index contributed by atoms with van der Waals surface area (Å²) in [6.07, 6.45) is 1.90. The van der Waals surface area contributed by atoms with Gasteiger partial charge in [0.2, 0.25) is 5.75 Å². The highest BCUT2D eigenvalue weighted by Gasteiger charge is 2.21.